The summed E-state index contributed by atoms with van der Waals surface area (Å²) in [6.45, 7) is 0.976. The molecule has 0 unspecified atom stereocenters. The highest BCUT2D eigenvalue weighted by Crippen LogP contribution is 2.17. The average molecular weight is 317 g/mol. The number of halogens is 1. The molecule has 0 aliphatic carbocycles. The van der Waals surface area contributed by atoms with Crippen LogP contribution in [0.4, 0.5) is 4.39 Å². The molecular weight excluding hydrogens is 297 g/mol. The number of carbonyl (C=O) groups is 1. The van der Waals surface area contributed by atoms with Crippen LogP contribution in [0.5, 0.6) is 11.5 Å². The first-order valence-corrected chi connectivity index (χ1v) is 7.38. The maximum atomic E-state index is 13.9. The van der Waals surface area contributed by atoms with Gasteiger partial charge in [-0.05, 0) is 30.7 Å². The molecule has 0 spiro atoms. The third-order valence-electron chi connectivity index (χ3n) is 3.40. The van der Waals surface area contributed by atoms with Crippen molar-refractivity contribution in [2.45, 2.75) is 6.42 Å². The Morgan fingerprint density at radius 1 is 1.13 bits per heavy atom. The lowest BCUT2D eigenvalue weighted by Gasteiger charge is -2.18. The molecule has 1 amide bonds. The summed E-state index contributed by atoms with van der Waals surface area (Å²) in [6, 6.07) is 13.7. The molecule has 0 aliphatic heterocycles. The van der Waals surface area contributed by atoms with Gasteiger partial charge >= 0.3 is 0 Å². The molecule has 0 saturated heterocycles. The summed E-state index contributed by atoms with van der Waals surface area (Å²) in [7, 11) is 3.10. The molecule has 0 aliphatic rings. The second kappa shape index (κ2) is 8.17. The molecule has 0 saturated carbocycles. The van der Waals surface area contributed by atoms with E-state index in [1.165, 1.54) is 24.1 Å². The molecule has 4 nitrogen and oxygen atoms in total. The maximum absolute atomic E-state index is 13.9. The van der Waals surface area contributed by atoms with Crippen molar-refractivity contribution >= 4 is 5.91 Å². The largest absolute Gasteiger partial charge is 0.497 e. The topological polar surface area (TPSA) is 38.8 Å². The quantitative estimate of drug-likeness (QED) is 0.735. The molecular formula is C18H20FNO3. The number of ether oxygens (including phenoxy) is 2. The Morgan fingerprint density at radius 3 is 2.52 bits per heavy atom. The van der Waals surface area contributed by atoms with E-state index in [0.29, 0.717) is 25.3 Å². The van der Waals surface area contributed by atoms with Crippen LogP contribution in [0, 0.1) is 5.82 Å². The lowest BCUT2D eigenvalue weighted by molar-refractivity contribution is 0.0783. The fraction of sp³-hybridized carbons (Fsp3) is 0.278. The number of nitrogens with zero attached hydrogens (tertiary/aromatic N) is 1. The molecule has 0 bridgehead atoms. The minimum Gasteiger partial charge on any atom is -0.497 e. The van der Waals surface area contributed by atoms with E-state index in [0.717, 1.165) is 5.75 Å². The Bertz CT molecular complexity index is 646. The van der Waals surface area contributed by atoms with E-state index in [1.807, 2.05) is 30.3 Å². The van der Waals surface area contributed by atoms with Gasteiger partial charge in [0.15, 0.2) is 0 Å². The predicted molar refractivity (Wildman–Crippen MR) is 86.5 cm³/mol. The number of rotatable bonds is 7. The summed E-state index contributed by atoms with van der Waals surface area (Å²) in [5, 5.41) is 0. The number of methoxy groups -OCH3 is 1. The summed E-state index contributed by atoms with van der Waals surface area (Å²) >= 11 is 0. The zero-order chi connectivity index (χ0) is 16.7. The van der Waals surface area contributed by atoms with Gasteiger partial charge in [-0.1, -0.05) is 18.2 Å². The van der Waals surface area contributed by atoms with Crippen molar-refractivity contribution in [1.82, 2.24) is 4.90 Å². The Kier molecular flexibility index (Phi) is 5.97. The molecule has 122 valence electrons. The zero-order valence-electron chi connectivity index (χ0n) is 13.3. The smallest absolute Gasteiger partial charge is 0.256 e. The molecule has 2 aromatic carbocycles. The van der Waals surface area contributed by atoms with Crippen molar-refractivity contribution < 1.29 is 18.7 Å². The van der Waals surface area contributed by atoms with Gasteiger partial charge < -0.3 is 14.4 Å². The van der Waals surface area contributed by atoms with E-state index >= 15 is 0 Å². The number of para-hydroxylation sites is 1. The Labute approximate surface area is 135 Å². The van der Waals surface area contributed by atoms with Gasteiger partial charge in [-0.25, -0.2) is 4.39 Å². The minimum absolute atomic E-state index is 0.0391. The number of amides is 1. The molecule has 2 aromatic rings. The van der Waals surface area contributed by atoms with Crippen LogP contribution in [0.25, 0.3) is 0 Å². The van der Waals surface area contributed by atoms with Gasteiger partial charge in [-0.15, -0.1) is 0 Å². The average Bonchev–Trinajstić information content (AvgIpc) is 2.58. The number of hydrogen-bond acceptors (Lipinski definition) is 3. The zero-order valence-corrected chi connectivity index (χ0v) is 13.3. The lowest BCUT2D eigenvalue weighted by Crippen LogP contribution is -2.29. The molecule has 0 N–H and O–H groups in total. The monoisotopic (exact) mass is 317 g/mol. The van der Waals surface area contributed by atoms with Gasteiger partial charge in [0, 0.05) is 19.7 Å². The molecule has 5 heteroatoms. The first-order chi connectivity index (χ1) is 11.1. The van der Waals surface area contributed by atoms with Crippen molar-refractivity contribution in [1.29, 1.82) is 0 Å². The maximum Gasteiger partial charge on any atom is 0.256 e. The first kappa shape index (κ1) is 16.8. The van der Waals surface area contributed by atoms with Crippen molar-refractivity contribution in [3.8, 4) is 11.5 Å². The first-order valence-electron chi connectivity index (χ1n) is 7.38. The standard InChI is InChI=1S/C18H20FNO3/c1-20(11-6-12-23-14-7-4-3-5-8-14)18(21)16-10-9-15(22-2)13-17(16)19/h3-5,7-10,13H,6,11-12H2,1-2H3. The number of hydrogen-bond donors (Lipinski definition) is 0. The van der Waals surface area contributed by atoms with Crippen LogP contribution in [-0.2, 0) is 0 Å². The van der Waals surface area contributed by atoms with Gasteiger partial charge in [0.05, 0.1) is 19.3 Å². The van der Waals surface area contributed by atoms with Crippen LogP contribution in [0.2, 0.25) is 0 Å². The summed E-state index contributed by atoms with van der Waals surface area (Å²) in [6.07, 6.45) is 0.662. The Hall–Kier alpha value is -2.56. The fourth-order valence-electron chi connectivity index (χ4n) is 2.11. The van der Waals surface area contributed by atoms with Gasteiger partial charge in [-0.3, -0.25) is 4.79 Å². The number of benzene rings is 2. The highest BCUT2D eigenvalue weighted by Gasteiger charge is 2.16. The van der Waals surface area contributed by atoms with E-state index in [-0.39, 0.29) is 11.5 Å². The summed E-state index contributed by atoms with van der Waals surface area (Å²) in [5.41, 5.74) is 0.0391. The van der Waals surface area contributed by atoms with Crippen molar-refractivity contribution in [3.63, 3.8) is 0 Å². The number of carbonyl (C=O) groups excluding carboxylic acids is 1. The lowest BCUT2D eigenvalue weighted by atomic mass is 10.1. The molecule has 23 heavy (non-hydrogen) atoms. The van der Waals surface area contributed by atoms with Gasteiger partial charge in [0.1, 0.15) is 17.3 Å². The normalized spacial score (nSPS) is 10.2. The molecule has 2 rings (SSSR count). The second-order valence-electron chi connectivity index (χ2n) is 5.09. The fourth-order valence-corrected chi connectivity index (χ4v) is 2.11. The van der Waals surface area contributed by atoms with Gasteiger partial charge in [0.2, 0.25) is 0 Å². The minimum atomic E-state index is -0.582. The Balaban J connectivity index is 1.83. The summed E-state index contributed by atoms with van der Waals surface area (Å²) in [4.78, 5) is 13.7. The van der Waals surface area contributed by atoms with E-state index < -0.39 is 5.82 Å². The molecule has 0 fully saturated rings. The van der Waals surface area contributed by atoms with Crippen LogP contribution in [0.1, 0.15) is 16.8 Å². The predicted octanol–water partition coefficient (Wildman–Crippen LogP) is 3.38. The molecule has 0 atom stereocenters. The van der Waals surface area contributed by atoms with Crippen molar-refractivity contribution in [2.24, 2.45) is 0 Å². The van der Waals surface area contributed by atoms with Crippen LogP contribution in [0.3, 0.4) is 0 Å². The van der Waals surface area contributed by atoms with Crippen LogP contribution >= 0.6 is 0 Å². The van der Waals surface area contributed by atoms with Crippen LogP contribution < -0.4 is 9.47 Å². The third kappa shape index (κ3) is 4.71. The Morgan fingerprint density at radius 2 is 1.87 bits per heavy atom. The van der Waals surface area contributed by atoms with Gasteiger partial charge in [-0.2, -0.15) is 0 Å². The highest BCUT2D eigenvalue weighted by molar-refractivity contribution is 5.94. The summed E-state index contributed by atoms with van der Waals surface area (Å²) in [5.74, 6) is 0.243. The van der Waals surface area contributed by atoms with E-state index in [2.05, 4.69) is 0 Å². The van der Waals surface area contributed by atoms with Crippen molar-refractivity contribution in [2.75, 3.05) is 27.3 Å². The van der Waals surface area contributed by atoms with Crippen molar-refractivity contribution in [3.05, 3.63) is 59.9 Å². The van der Waals surface area contributed by atoms with Crippen LogP contribution in [-0.4, -0.2) is 38.1 Å². The molecule has 0 radical (unpaired) electrons. The summed E-state index contributed by atoms with van der Waals surface area (Å²) < 4.78 is 24.4. The molecule has 0 heterocycles. The second-order valence-corrected chi connectivity index (χ2v) is 5.09. The third-order valence-corrected chi connectivity index (χ3v) is 3.40. The highest BCUT2D eigenvalue weighted by atomic mass is 19.1. The van der Waals surface area contributed by atoms with E-state index in [9.17, 15) is 9.18 Å². The van der Waals surface area contributed by atoms with Gasteiger partial charge in [0.25, 0.3) is 5.91 Å². The van der Waals surface area contributed by atoms with Crippen LogP contribution in [0.15, 0.2) is 48.5 Å². The SMILES string of the molecule is COc1ccc(C(=O)N(C)CCCOc2ccccc2)c(F)c1. The van der Waals surface area contributed by atoms with E-state index in [1.54, 1.807) is 13.1 Å². The van der Waals surface area contributed by atoms with E-state index in [4.69, 9.17) is 9.47 Å². The molecule has 0 aromatic heterocycles.